The minimum absolute atomic E-state index is 0.106. The number of hydrogen-bond acceptors (Lipinski definition) is 5. The Morgan fingerprint density at radius 3 is 2.78 bits per heavy atom. The summed E-state index contributed by atoms with van der Waals surface area (Å²) >= 11 is 0. The van der Waals surface area contributed by atoms with E-state index in [1.807, 2.05) is 13.8 Å². The van der Waals surface area contributed by atoms with E-state index in [0.29, 0.717) is 24.4 Å². The number of ether oxygens (including phenoxy) is 2. The van der Waals surface area contributed by atoms with E-state index in [1.54, 1.807) is 18.2 Å². The standard InChI is InChI=1S/C13H20N2O3/c1-4-18-9(2)8-15-12-6-5-10(7-11(12)14)13(16)17-3/h5-7,9,15H,4,8,14H2,1-3H3. The first-order valence-corrected chi connectivity index (χ1v) is 5.91. The predicted octanol–water partition coefficient (Wildman–Crippen LogP) is 1.89. The molecule has 5 heteroatoms. The van der Waals surface area contributed by atoms with Gasteiger partial charge in [-0.2, -0.15) is 0 Å². The maximum atomic E-state index is 11.3. The summed E-state index contributed by atoms with van der Waals surface area (Å²) in [5.41, 5.74) is 7.61. The van der Waals surface area contributed by atoms with Crippen molar-refractivity contribution in [3.63, 3.8) is 0 Å². The zero-order chi connectivity index (χ0) is 13.5. The molecule has 0 aliphatic rings. The molecule has 18 heavy (non-hydrogen) atoms. The minimum Gasteiger partial charge on any atom is -0.465 e. The highest BCUT2D eigenvalue weighted by atomic mass is 16.5. The van der Waals surface area contributed by atoms with Crippen molar-refractivity contribution in [2.75, 3.05) is 31.3 Å². The molecule has 0 amide bonds. The van der Waals surface area contributed by atoms with E-state index >= 15 is 0 Å². The van der Waals surface area contributed by atoms with Crippen LogP contribution in [-0.2, 0) is 9.47 Å². The Morgan fingerprint density at radius 2 is 2.22 bits per heavy atom. The minimum atomic E-state index is -0.393. The van der Waals surface area contributed by atoms with Crippen LogP contribution in [0.2, 0.25) is 0 Å². The summed E-state index contributed by atoms with van der Waals surface area (Å²) < 4.78 is 10.0. The number of carbonyl (C=O) groups is 1. The van der Waals surface area contributed by atoms with Crippen LogP contribution in [0.5, 0.6) is 0 Å². The third-order valence-corrected chi connectivity index (χ3v) is 2.50. The van der Waals surface area contributed by atoms with Gasteiger partial charge in [0.1, 0.15) is 0 Å². The third kappa shape index (κ3) is 3.92. The van der Waals surface area contributed by atoms with Crippen molar-refractivity contribution in [2.45, 2.75) is 20.0 Å². The molecule has 0 spiro atoms. The highest BCUT2D eigenvalue weighted by Gasteiger charge is 2.08. The molecule has 0 saturated carbocycles. The van der Waals surface area contributed by atoms with Gasteiger partial charge in [0.25, 0.3) is 0 Å². The fourth-order valence-electron chi connectivity index (χ4n) is 1.57. The van der Waals surface area contributed by atoms with Gasteiger partial charge in [0, 0.05) is 13.2 Å². The molecule has 1 aromatic carbocycles. The molecule has 0 radical (unpaired) electrons. The van der Waals surface area contributed by atoms with E-state index in [4.69, 9.17) is 10.5 Å². The molecule has 1 atom stereocenters. The number of hydrogen-bond donors (Lipinski definition) is 2. The van der Waals surface area contributed by atoms with Crippen LogP contribution in [0, 0.1) is 0 Å². The summed E-state index contributed by atoms with van der Waals surface area (Å²) in [6, 6.07) is 5.04. The first-order chi connectivity index (χ1) is 8.58. The topological polar surface area (TPSA) is 73.6 Å². The Bertz CT molecular complexity index is 407. The Balaban J connectivity index is 2.65. The van der Waals surface area contributed by atoms with Gasteiger partial charge < -0.3 is 20.5 Å². The number of nitrogen functional groups attached to an aromatic ring is 1. The van der Waals surface area contributed by atoms with Crippen molar-refractivity contribution in [1.29, 1.82) is 0 Å². The van der Waals surface area contributed by atoms with Gasteiger partial charge in [0.2, 0.25) is 0 Å². The van der Waals surface area contributed by atoms with Crippen LogP contribution in [0.4, 0.5) is 11.4 Å². The summed E-state index contributed by atoms with van der Waals surface area (Å²) in [6.45, 7) is 5.28. The average molecular weight is 252 g/mol. The molecule has 1 aromatic rings. The Morgan fingerprint density at radius 1 is 1.50 bits per heavy atom. The van der Waals surface area contributed by atoms with Gasteiger partial charge in [-0.25, -0.2) is 4.79 Å². The molecule has 0 saturated heterocycles. The molecule has 3 N–H and O–H groups in total. The number of nitrogens with two attached hydrogens (primary N) is 1. The van der Waals surface area contributed by atoms with Crippen LogP contribution in [0.15, 0.2) is 18.2 Å². The highest BCUT2D eigenvalue weighted by Crippen LogP contribution is 2.20. The number of methoxy groups -OCH3 is 1. The summed E-state index contributed by atoms with van der Waals surface area (Å²) in [5, 5.41) is 3.18. The molecule has 0 fully saturated rings. The number of carbonyl (C=O) groups excluding carboxylic acids is 1. The lowest BCUT2D eigenvalue weighted by Crippen LogP contribution is -2.20. The van der Waals surface area contributed by atoms with Crippen LogP contribution in [0.25, 0.3) is 0 Å². The number of rotatable bonds is 6. The summed E-state index contributed by atoms with van der Waals surface area (Å²) in [4.78, 5) is 11.3. The third-order valence-electron chi connectivity index (χ3n) is 2.50. The van der Waals surface area contributed by atoms with Crippen LogP contribution in [0.3, 0.4) is 0 Å². The van der Waals surface area contributed by atoms with E-state index < -0.39 is 5.97 Å². The second-order valence-electron chi connectivity index (χ2n) is 3.94. The normalized spacial score (nSPS) is 11.9. The van der Waals surface area contributed by atoms with Crippen LogP contribution >= 0.6 is 0 Å². The van der Waals surface area contributed by atoms with Crippen molar-refractivity contribution in [2.24, 2.45) is 0 Å². The number of anilines is 2. The van der Waals surface area contributed by atoms with E-state index in [1.165, 1.54) is 7.11 Å². The maximum absolute atomic E-state index is 11.3. The van der Waals surface area contributed by atoms with E-state index in [-0.39, 0.29) is 6.10 Å². The Hall–Kier alpha value is -1.75. The lowest BCUT2D eigenvalue weighted by atomic mass is 10.1. The van der Waals surface area contributed by atoms with Gasteiger partial charge in [-0.1, -0.05) is 0 Å². The monoisotopic (exact) mass is 252 g/mol. The molecule has 100 valence electrons. The van der Waals surface area contributed by atoms with Crippen molar-refractivity contribution >= 4 is 17.3 Å². The molecule has 0 heterocycles. The number of esters is 1. The fourth-order valence-corrected chi connectivity index (χ4v) is 1.57. The Labute approximate surface area is 107 Å². The first-order valence-electron chi connectivity index (χ1n) is 5.91. The quantitative estimate of drug-likeness (QED) is 0.597. The van der Waals surface area contributed by atoms with Gasteiger partial charge in [-0.05, 0) is 32.0 Å². The maximum Gasteiger partial charge on any atom is 0.337 e. The summed E-state index contributed by atoms with van der Waals surface area (Å²) in [5.74, 6) is -0.393. The summed E-state index contributed by atoms with van der Waals surface area (Å²) in [6.07, 6.45) is 0.106. The zero-order valence-corrected chi connectivity index (χ0v) is 11.0. The zero-order valence-electron chi connectivity index (χ0n) is 11.0. The fraction of sp³-hybridized carbons (Fsp3) is 0.462. The first kappa shape index (κ1) is 14.3. The average Bonchev–Trinajstić information content (AvgIpc) is 2.36. The molecule has 1 unspecified atom stereocenters. The Kier molecular flexibility index (Phi) is 5.45. The van der Waals surface area contributed by atoms with E-state index in [9.17, 15) is 4.79 Å². The van der Waals surface area contributed by atoms with Gasteiger partial charge in [-0.15, -0.1) is 0 Å². The van der Waals surface area contributed by atoms with Gasteiger partial charge >= 0.3 is 5.97 Å². The van der Waals surface area contributed by atoms with Crippen LogP contribution < -0.4 is 11.1 Å². The van der Waals surface area contributed by atoms with Crippen LogP contribution in [0.1, 0.15) is 24.2 Å². The molecule has 0 aliphatic carbocycles. The molecular formula is C13H20N2O3. The predicted molar refractivity (Wildman–Crippen MR) is 71.8 cm³/mol. The van der Waals surface area contributed by atoms with Crippen molar-refractivity contribution in [1.82, 2.24) is 0 Å². The van der Waals surface area contributed by atoms with Crippen molar-refractivity contribution < 1.29 is 14.3 Å². The number of nitrogens with one attached hydrogen (secondary N) is 1. The van der Waals surface area contributed by atoms with Gasteiger partial charge in [0.15, 0.2) is 0 Å². The highest BCUT2D eigenvalue weighted by molar-refractivity contribution is 5.91. The van der Waals surface area contributed by atoms with Crippen molar-refractivity contribution in [3.8, 4) is 0 Å². The van der Waals surface area contributed by atoms with Crippen LogP contribution in [-0.4, -0.2) is 32.3 Å². The SMILES string of the molecule is CCOC(C)CNc1ccc(C(=O)OC)cc1N. The molecular weight excluding hydrogens is 232 g/mol. The molecule has 5 nitrogen and oxygen atoms in total. The molecule has 0 bridgehead atoms. The lowest BCUT2D eigenvalue weighted by molar-refractivity contribution is 0.0600. The second-order valence-corrected chi connectivity index (χ2v) is 3.94. The number of benzene rings is 1. The molecule has 0 aliphatic heterocycles. The summed E-state index contributed by atoms with van der Waals surface area (Å²) in [7, 11) is 1.34. The van der Waals surface area contributed by atoms with Gasteiger partial charge in [-0.3, -0.25) is 0 Å². The van der Waals surface area contributed by atoms with Crippen molar-refractivity contribution in [3.05, 3.63) is 23.8 Å². The molecule has 1 rings (SSSR count). The lowest BCUT2D eigenvalue weighted by Gasteiger charge is -2.15. The van der Waals surface area contributed by atoms with Gasteiger partial charge in [0.05, 0.1) is 30.2 Å². The second kappa shape index (κ2) is 6.86. The molecule has 0 aromatic heterocycles. The largest absolute Gasteiger partial charge is 0.465 e. The van der Waals surface area contributed by atoms with E-state index in [0.717, 1.165) is 5.69 Å². The smallest absolute Gasteiger partial charge is 0.337 e. The van der Waals surface area contributed by atoms with E-state index in [2.05, 4.69) is 10.1 Å².